The van der Waals surface area contributed by atoms with Crippen LogP contribution in [0, 0.1) is 5.82 Å². The van der Waals surface area contributed by atoms with Crippen LogP contribution in [0.15, 0.2) is 29.3 Å². The van der Waals surface area contributed by atoms with Gasteiger partial charge in [0.25, 0.3) is 0 Å². The lowest BCUT2D eigenvalue weighted by molar-refractivity contribution is 0.105. The minimum Gasteiger partial charge on any atom is -0.445 e. The van der Waals surface area contributed by atoms with Gasteiger partial charge in [-0.15, -0.1) is 11.3 Å². The van der Waals surface area contributed by atoms with Crippen LogP contribution in [-0.4, -0.2) is 54.7 Å². The molecule has 0 bridgehead atoms. The van der Waals surface area contributed by atoms with Crippen LogP contribution >= 0.6 is 22.9 Å². The number of halogens is 2. The van der Waals surface area contributed by atoms with Crippen LogP contribution in [0.1, 0.15) is 51.5 Å². The van der Waals surface area contributed by atoms with Crippen molar-refractivity contribution in [2.45, 2.75) is 63.0 Å². The number of benzene rings is 1. The Morgan fingerprint density at radius 2 is 2.00 bits per heavy atom. The zero-order chi connectivity index (χ0) is 28.5. The molecule has 1 amide bonds. The van der Waals surface area contributed by atoms with E-state index in [0.29, 0.717) is 10.6 Å². The molecule has 1 saturated carbocycles. The smallest absolute Gasteiger partial charge is 0.407 e. The molecule has 1 aliphatic carbocycles. The van der Waals surface area contributed by atoms with Crippen LogP contribution in [0.4, 0.5) is 15.1 Å². The first kappa shape index (κ1) is 29.1. The topological polar surface area (TPSA) is 135 Å². The molecule has 4 rings (SSSR count). The van der Waals surface area contributed by atoms with Gasteiger partial charge in [-0.1, -0.05) is 11.6 Å². The van der Waals surface area contributed by atoms with E-state index in [2.05, 4.69) is 25.3 Å². The highest BCUT2D eigenvalue weighted by Crippen LogP contribution is 2.47. The van der Waals surface area contributed by atoms with E-state index in [1.54, 1.807) is 19.2 Å². The average molecular weight is 597 g/mol. The maximum Gasteiger partial charge on any atom is 0.407 e. The molecule has 10 nitrogen and oxygen atoms in total. The predicted octanol–water partition coefficient (Wildman–Crippen LogP) is 5.17. The molecule has 0 saturated heterocycles. The van der Waals surface area contributed by atoms with Crippen molar-refractivity contribution in [2.75, 3.05) is 18.9 Å². The number of thiazole rings is 1. The van der Waals surface area contributed by atoms with Gasteiger partial charge >= 0.3 is 6.09 Å². The first-order chi connectivity index (χ1) is 18.3. The molecule has 1 aliphatic rings. The van der Waals surface area contributed by atoms with Crippen LogP contribution in [0.2, 0.25) is 5.02 Å². The van der Waals surface area contributed by atoms with Crippen LogP contribution in [-0.2, 0) is 14.8 Å². The third kappa shape index (κ3) is 7.21. The van der Waals surface area contributed by atoms with Gasteiger partial charge in [-0.2, -0.15) is 0 Å². The summed E-state index contributed by atoms with van der Waals surface area (Å²) in [4.78, 5) is 25.5. The molecule has 3 N–H and O–H groups in total. The molecule has 39 heavy (non-hydrogen) atoms. The zero-order valence-electron chi connectivity index (χ0n) is 22.1. The molecule has 210 valence electrons. The van der Waals surface area contributed by atoms with Gasteiger partial charge in [0.2, 0.25) is 16.0 Å². The fourth-order valence-electron chi connectivity index (χ4n) is 3.61. The van der Waals surface area contributed by atoms with Crippen LogP contribution < -0.4 is 15.4 Å². The Kier molecular flexibility index (Phi) is 8.45. The van der Waals surface area contributed by atoms with Crippen LogP contribution in [0.3, 0.4) is 0 Å². The van der Waals surface area contributed by atoms with Crippen molar-refractivity contribution >= 4 is 45.0 Å². The zero-order valence-corrected chi connectivity index (χ0v) is 24.5. The summed E-state index contributed by atoms with van der Waals surface area (Å²) in [5.74, 6) is -0.409. The summed E-state index contributed by atoms with van der Waals surface area (Å²) >= 11 is 7.60. The molecule has 2 aromatic heterocycles. The highest BCUT2D eigenvalue weighted by molar-refractivity contribution is 7.89. The molecule has 0 aliphatic heterocycles. The van der Waals surface area contributed by atoms with Gasteiger partial charge in [-0.3, -0.25) is 0 Å². The number of anilines is 1. The lowest BCUT2D eigenvalue weighted by Crippen LogP contribution is -2.42. The number of aromatic nitrogens is 3. The highest BCUT2D eigenvalue weighted by atomic mass is 35.5. The van der Waals surface area contributed by atoms with Gasteiger partial charge in [-0.25, -0.2) is 37.3 Å². The number of hydrogen-bond donors (Lipinski definition) is 3. The number of alkyl carbamates (subject to hydrolysis) is 1. The second-order valence-electron chi connectivity index (χ2n) is 10.2. The molecule has 3 aromatic rings. The van der Waals surface area contributed by atoms with Gasteiger partial charge in [-0.05, 0) is 65.8 Å². The fourth-order valence-corrected chi connectivity index (χ4v) is 5.95. The Bertz CT molecular complexity index is 1490. The standard InChI is InChI=1S/C25H30ClFN6O4S2/c1-13(37-24(34)33-25(2,3)4)12-30-23-29-9-8-17(31-23)21-20(32-22(38-21)14-6-7-14)16-10-15(26)11-18(19(16)27)39(35,36)28-5/h8-11,13-14,28H,6-7,12H2,1-5H3,(H,33,34)(H,29,30,31). The van der Waals surface area contributed by atoms with E-state index in [1.807, 2.05) is 20.8 Å². The Morgan fingerprint density at radius 1 is 1.28 bits per heavy atom. The van der Waals surface area contributed by atoms with Crippen molar-refractivity contribution in [2.24, 2.45) is 0 Å². The SMILES string of the molecule is CNS(=O)(=O)c1cc(Cl)cc(-c2nc(C3CC3)sc2-c2ccnc(NCC(C)OC(=O)NC(C)(C)C)n2)c1F. The Labute approximate surface area is 235 Å². The van der Waals surface area contributed by atoms with Gasteiger partial charge in [0.15, 0.2) is 5.82 Å². The summed E-state index contributed by atoms with van der Waals surface area (Å²) in [5.41, 5.74) is 0.279. The number of ether oxygens (including phenoxy) is 1. The number of nitrogens with zero attached hydrogens (tertiary/aromatic N) is 3. The number of sulfonamides is 1. The monoisotopic (exact) mass is 596 g/mol. The summed E-state index contributed by atoms with van der Waals surface area (Å²) in [6.07, 6.45) is 2.49. The minimum absolute atomic E-state index is 0.0329. The number of amides is 1. The molecule has 1 atom stereocenters. The van der Waals surface area contributed by atoms with E-state index in [9.17, 15) is 13.2 Å². The number of rotatable bonds is 9. The quantitative estimate of drug-likeness (QED) is 0.308. The van der Waals surface area contributed by atoms with Crippen molar-refractivity contribution in [1.82, 2.24) is 25.0 Å². The Hall–Kier alpha value is -2.87. The van der Waals surface area contributed by atoms with E-state index in [1.165, 1.54) is 24.5 Å². The molecule has 0 radical (unpaired) electrons. The highest BCUT2D eigenvalue weighted by Gasteiger charge is 2.31. The first-order valence-corrected chi connectivity index (χ1v) is 14.9. The summed E-state index contributed by atoms with van der Waals surface area (Å²) in [6, 6.07) is 4.10. The van der Waals surface area contributed by atoms with Gasteiger partial charge in [0, 0.05) is 28.2 Å². The van der Waals surface area contributed by atoms with E-state index in [0.717, 1.165) is 23.9 Å². The molecular formula is C25H30ClFN6O4S2. The Balaban J connectivity index is 1.64. The molecule has 1 aromatic carbocycles. The summed E-state index contributed by atoms with van der Waals surface area (Å²) < 4.78 is 48.0. The largest absolute Gasteiger partial charge is 0.445 e. The maximum absolute atomic E-state index is 15.6. The second kappa shape index (κ2) is 11.3. The second-order valence-corrected chi connectivity index (χ2v) is 13.5. The fraction of sp³-hybridized carbons (Fsp3) is 0.440. The van der Waals surface area contributed by atoms with Gasteiger partial charge < -0.3 is 15.4 Å². The van der Waals surface area contributed by atoms with E-state index < -0.39 is 38.5 Å². The first-order valence-electron chi connectivity index (χ1n) is 12.3. The summed E-state index contributed by atoms with van der Waals surface area (Å²) in [6.45, 7) is 7.55. The van der Waals surface area contributed by atoms with Gasteiger partial charge in [0.1, 0.15) is 11.0 Å². The van der Waals surface area contributed by atoms with Crippen LogP contribution in [0.25, 0.3) is 21.8 Å². The van der Waals surface area contributed by atoms with E-state index in [-0.39, 0.29) is 34.7 Å². The normalized spacial score (nSPS) is 14.6. The molecular weight excluding hydrogens is 567 g/mol. The average Bonchev–Trinajstić information content (AvgIpc) is 3.61. The maximum atomic E-state index is 15.6. The molecule has 0 spiro atoms. The number of carbonyl (C=O) groups is 1. The number of hydrogen-bond acceptors (Lipinski definition) is 9. The van der Waals surface area contributed by atoms with Crippen molar-refractivity contribution in [3.8, 4) is 21.8 Å². The molecule has 2 heterocycles. The van der Waals surface area contributed by atoms with Crippen molar-refractivity contribution in [3.05, 3.63) is 40.2 Å². The third-order valence-electron chi connectivity index (χ3n) is 5.61. The minimum atomic E-state index is -4.11. The molecule has 1 fully saturated rings. The summed E-state index contributed by atoms with van der Waals surface area (Å²) in [5, 5.41) is 6.66. The lowest BCUT2D eigenvalue weighted by atomic mass is 10.1. The van der Waals surface area contributed by atoms with Crippen molar-refractivity contribution in [1.29, 1.82) is 0 Å². The van der Waals surface area contributed by atoms with Crippen molar-refractivity contribution in [3.63, 3.8) is 0 Å². The lowest BCUT2D eigenvalue weighted by Gasteiger charge is -2.22. The number of carbonyl (C=O) groups excluding carboxylic acids is 1. The predicted molar refractivity (Wildman–Crippen MR) is 149 cm³/mol. The summed E-state index contributed by atoms with van der Waals surface area (Å²) in [7, 11) is -2.91. The van der Waals surface area contributed by atoms with Crippen molar-refractivity contribution < 1.29 is 22.3 Å². The van der Waals surface area contributed by atoms with Gasteiger partial charge in [0.05, 0.1) is 27.8 Å². The third-order valence-corrected chi connectivity index (χ3v) is 8.48. The Morgan fingerprint density at radius 3 is 2.64 bits per heavy atom. The molecule has 14 heteroatoms. The van der Waals surface area contributed by atoms with Crippen LogP contribution in [0.5, 0.6) is 0 Å². The van der Waals surface area contributed by atoms with E-state index >= 15 is 4.39 Å². The molecule has 1 unspecified atom stereocenters. The number of nitrogens with one attached hydrogen (secondary N) is 3. The van der Waals surface area contributed by atoms with E-state index in [4.69, 9.17) is 21.3 Å².